The Morgan fingerprint density at radius 3 is 2.33 bits per heavy atom. The Hall–Kier alpha value is -1.84. The normalized spacial score (nSPS) is 21.8. The van der Waals surface area contributed by atoms with Gasteiger partial charge in [0, 0.05) is 19.0 Å². The molecule has 1 N–H and O–H groups in total. The second kappa shape index (κ2) is 7.82. The van der Waals surface area contributed by atoms with E-state index >= 15 is 0 Å². The average Bonchev–Trinajstić information content (AvgIpc) is 3.05. The molecule has 130 valence electrons. The number of carbonyl (C=O) groups excluding carboxylic acids is 1. The molecule has 1 aromatic carbocycles. The Labute approximate surface area is 143 Å². The van der Waals surface area contributed by atoms with Crippen molar-refractivity contribution in [3.05, 3.63) is 35.4 Å². The van der Waals surface area contributed by atoms with Gasteiger partial charge in [-0.05, 0) is 42.7 Å². The standard InChI is InChI=1S/C20H27NO3/c22-19(23)13-16-8-6-15(7-9-16)12-17-10-11-21(14-17)20(24)18-4-2-1-3-5-18/h6-9,17-18H,1-5,10-14H2,(H,22,23). The third-order valence-electron chi connectivity index (χ3n) is 5.45. The Bertz CT molecular complexity index is 575. The highest BCUT2D eigenvalue weighted by Gasteiger charge is 2.31. The molecule has 1 aliphatic carbocycles. The Balaban J connectivity index is 1.50. The summed E-state index contributed by atoms with van der Waals surface area (Å²) in [5.74, 6) is 0.389. The van der Waals surface area contributed by atoms with Gasteiger partial charge in [-0.25, -0.2) is 0 Å². The first kappa shape index (κ1) is 17.0. The fourth-order valence-corrected chi connectivity index (χ4v) is 4.11. The Morgan fingerprint density at radius 2 is 1.67 bits per heavy atom. The number of likely N-dealkylation sites (tertiary alicyclic amines) is 1. The maximum Gasteiger partial charge on any atom is 0.307 e. The second-order valence-corrected chi connectivity index (χ2v) is 7.37. The molecule has 4 heteroatoms. The van der Waals surface area contributed by atoms with E-state index in [2.05, 4.69) is 4.90 Å². The van der Waals surface area contributed by atoms with Crippen molar-refractivity contribution in [1.82, 2.24) is 4.90 Å². The van der Waals surface area contributed by atoms with E-state index in [0.717, 1.165) is 44.3 Å². The average molecular weight is 329 g/mol. The third kappa shape index (κ3) is 4.37. The summed E-state index contributed by atoms with van der Waals surface area (Å²) in [6.07, 6.45) is 7.97. The summed E-state index contributed by atoms with van der Waals surface area (Å²) in [7, 11) is 0. The highest BCUT2D eigenvalue weighted by atomic mass is 16.4. The minimum atomic E-state index is -0.796. The number of rotatable bonds is 5. The zero-order valence-electron chi connectivity index (χ0n) is 14.2. The smallest absolute Gasteiger partial charge is 0.307 e. The molecule has 24 heavy (non-hydrogen) atoms. The minimum absolute atomic E-state index is 0.0768. The van der Waals surface area contributed by atoms with Crippen LogP contribution in [0, 0.1) is 11.8 Å². The Morgan fingerprint density at radius 1 is 1.00 bits per heavy atom. The van der Waals surface area contributed by atoms with Crippen LogP contribution in [-0.4, -0.2) is 35.0 Å². The van der Waals surface area contributed by atoms with Gasteiger partial charge in [-0.15, -0.1) is 0 Å². The van der Waals surface area contributed by atoms with E-state index in [-0.39, 0.29) is 12.3 Å². The number of nitrogens with zero attached hydrogens (tertiary/aromatic N) is 1. The molecule has 1 unspecified atom stereocenters. The second-order valence-electron chi connectivity index (χ2n) is 7.37. The number of carboxylic acids is 1. The van der Waals surface area contributed by atoms with Gasteiger partial charge in [0.2, 0.25) is 5.91 Å². The predicted molar refractivity (Wildman–Crippen MR) is 92.7 cm³/mol. The third-order valence-corrected chi connectivity index (χ3v) is 5.45. The molecule has 1 atom stereocenters. The van der Waals surface area contributed by atoms with Crippen LogP contribution in [0.25, 0.3) is 0 Å². The van der Waals surface area contributed by atoms with E-state index in [1.54, 1.807) is 0 Å². The molecule has 1 aromatic rings. The van der Waals surface area contributed by atoms with E-state index in [1.165, 1.54) is 24.8 Å². The summed E-state index contributed by atoms with van der Waals surface area (Å²) in [4.78, 5) is 25.4. The van der Waals surface area contributed by atoms with Gasteiger partial charge < -0.3 is 10.0 Å². The first-order valence-corrected chi connectivity index (χ1v) is 9.20. The molecule has 1 amide bonds. The number of hydrogen-bond donors (Lipinski definition) is 1. The minimum Gasteiger partial charge on any atom is -0.481 e. The van der Waals surface area contributed by atoms with Crippen molar-refractivity contribution in [3.8, 4) is 0 Å². The van der Waals surface area contributed by atoms with E-state index in [4.69, 9.17) is 5.11 Å². The van der Waals surface area contributed by atoms with Crippen molar-refractivity contribution in [3.63, 3.8) is 0 Å². The van der Waals surface area contributed by atoms with Crippen LogP contribution >= 0.6 is 0 Å². The molecule has 0 aromatic heterocycles. The number of aliphatic carboxylic acids is 1. The Kier molecular flexibility index (Phi) is 5.54. The van der Waals surface area contributed by atoms with Crippen molar-refractivity contribution < 1.29 is 14.7 Å². The van der Waals surface area contributed by atoms with Crippen molar-refractivity contribution in [2.24, 2.45) is 11.8 Å². The first-order chi connectivity index (χ1) is 11.6. The SMILES string of the molecule is O=C(O)Cc1ccc(CC2CCN(C(=O)C3CCCCC3)C2)cc1. The summed E-state index contributed by atoms with van der Waals surface area (Å²) in [5.41, 5.74) is 2.08. The van der Waals surface area contributed by atoms with Gasteiger partial charge >= 0.3 is 5.97 Å². The number of benzene rings is 1. The number of hydrogen-bond acceptors (Lipinski definition) is 2. The van der Waals surface area contributed by atoms with Crippen LogP contribution in [0.15, 0.2) is 24.3 Å². The molecule has 0 bridgehead atoms. The lowest BCUT2D eigenvalue weighted by atomic mass is 9.88. The van der Waals surface area contributed by atoms with Crippen LogP contribution in [0.1, 0.15) is 49.7 Å². The fourth-order valence-electron chi connectivity index (χ4n) is 4.11. The van der Waals surface area contributed by atoms with Crippen LogP contribution < -0.4 is 0 Å². The molecule has 3 rings (SSSR count). The molecule has 1 heterocycles. The molecule has 1 saturated carbocycles. The van der Waals surface area contributed by atoms with E-state index < -0.39 is 5.97 Å². The fraction of sp³-hybridized carbons (Fsp3) is 0.600. The van der Waals surface area contributed by atoms with Gasteiger partial charge in [0.15, 0.2) is 0 Å². The number of carboxylic acid groups (broad SMARTS) is 1. The van der Waals surface area contributed by atoms with Crippen molar-refractivity contribution in [2.45, 2.75) is 51.4 Å². The number of carbonyl (C=O) groups is 2. The van der Waals surface area contributed by atoms with E-state index in [1.807, 2.05) is 24.3 Å². The molecular weight excluding hydrogens is 302 g/mol. The molecular formula is C20H27NO3. The van der Waals surface area contributed by atoms with Gasteiger partial charge in [0.25, 0.3) is 0 Å². The molecule has 0 radical (unpaired) electrons. The summed E-state index contributed by atoms with van der Waals surface area (Å²) in [6, 6.07) is 7.88. The van der Waals surface area contributed by atoms with Gasteiger partial charge in [-0.3, -0.25) is 9.59 Å². The molecule has 0 spiro atoms. The zero-order valence-corrected chi connectivity index (χ0v) is 14.2. The summed E-state index contributed by atoms with van der Waals surface area (Å²) >= 11 is 0. The van der Waals surface area contributed by atoms with E-state index in [0.29, 0.717) is 11.8 Å². The van der Waals surface area contributed by atoms with Gasteiger partial charge in [0.1, 0.15) is 0 Å². The van der Waals surface area contributed by atoms with Crippen molar-refractivity contribution >= 4 is 11.9 Å². The maximum atomic E-state index is 12.6. The van der Waals surface area contributed by atoms with Gasteiger partial charge in [-0.2, -0.15) is 0 Å². The molecule has 1 saturated heterocycles. The lowest BCUT2D eigenvalue weighted by molar-refractivity contribution is -0.136. The quantitative estimate of drug-likeness (QED) is 0.902. The summed E-state index contributed by atoms with van der Waals surface area (Å²) in [6.45, 7) is 1.78. The zero-order chi connectivity index (χ0) is 16.9. The monoisotopic (exact) mass is 329 g/mol. The highest BCUT2D eigenvalue weighted by molar-refractivity contribution is 5.79. The maximum absolute atomic E-state index is 12.6. The van der Waals surface area contributed by atoms with Gasteiger partial charge in [-0.1, -0.05) is 43.5 Å². The summed E-state index contributed by atoms with van der Waals surface area (Å²) in [5, 5.41) is 8.82. The van der Waals surface area contributed by atoms with Crippen LogP contribution in [0.3, 0.4) is 0 Å². The predicted octanol–water partition coefficient (Wildman–Crippen LogP) is 3.29. The van der Waals surface area contributed by atoms with Crippen LogP contribution in [0.5, 0.6) is 0 Å². The molecule has 4 nitrogen and oxygen atoms in total. The molecule has 1 aliphatic heterocycles. The summed E-state index contributed by atoms with van der Waals surface area (Å²) < 4.78 is 0. The van der Waals surface area contributed by atoms with Crippen molar-refractivity contribution in [1.29, 1.82) is 0 Å². The topological polar surface area (TPSA) is 57.6 Å². The first-order valence-electron chi connectivity index (χ1n) is 9.20. The van der Waals surface area contributed by atoms with Crippen LogP contribution in [0.2, 0.25) is 0 Å². The van der Waals surface area contributed by atoms with E-state index in [9.17, 15) is 9.59 Å². The van der Waals surface area contributed by atoms with Crippen molar-refractivity contribution in [2.75, 3.05) is 13.1 Å². The number of amides is 1. The van der Waals surface area contributed by atoms with Crippen LogP contribution in [-0.2, 0) is 22.4 Å². The lowest BCUT2D eigenvalue weighted by Gasteiger charge is -2.26. The largest absolute Gasteiger partial charge is 0.481 e. The van der Waals surface area contributed by atoms with Crippen LogP contribution in [0.4, 0.5) is 0 Å². The van der Waals surface area contributed by atoms with Gasteiger partial charge in [0.05, 0.1) is 6.42 Å². The molecule has 2 fully saturated rings. The lowest BCUT2D eigenvalue weighted by Crippen LogP contribution is -2.35. The highest BCUT2D eigenvalue weighted by Crippen LogP contribution is 2.28. The molecule has 2 aliphatic rings.